The van der Waals surface area contributed by atoms with Crippen molar-refractivity contribution in [1.29, 1.82) is 0 Å². The molecule has 7 heteroatoms. The summed E-state index contributed by atoms with van der Waals surface area (Å²) in [6.45, 7) is 8.82. The first-order chi connectivity index (χ1) is 16.7. The van der Waals surface area contributed by atoms with Crippen LogP contribution in [-0.2, 0) is 24.2 Å². The van der Waals surface area contributed by atoms with Gasteiger partial charge in [-0.2, -0.15) is 0 Å². The highest BCUT2D eigenvalue weighted by atomic mass is 16.5. The molecule has 0 N–H and O–H groups in total. The second-order valence-electron chi connectivity index (χ2n) is 9.27. The van der Waals surface area contributed by atoms with E-state index >= 15 is 0 Å². The van der Waals surface area contributed by atoms with Gasteiger partial charge in [-0.1, -0.05) is 0 Å². The summed E-state index contributed by atoms with van der Waals surface area (Å²) in [5.41, 5.74) is 6.02. The molecule has 0 radical (unpaired) electrons. The van der Waals surface area contributed by atoms with Crippen molar-refractivity contribution in [2.75, 3.05) is 20.8 Å². The van der Waals surface area contributed by atoms with Crippen LogP contribution in [0.4, 0.5) is 0 Å². The van der Waals surface area contributed by atoms with Crippen molar-refractivity contribution in [3.05, 3.63) is 67.8 Å². The highest BCUT2D eigenvalue weighted by molar-refractivity contribution is 6.07. The van der Waals surface area contributed by atoms with Gasteiger partial charge in [-0.05, 0) is 80.1 Å². The maximum Gasteiger partial charge on any atom is 0.340 e. The van der Waals surface area contributed by atoms with E-state index in [1.54, 1.807) is 19.1 Å². The van der Waals surface area contributed by atoms with Crippen molar-refractivity contribution < 1.29 is 23.1 Å². The highest BCUT2D eigenvalue weighted by Gasteiger charge is 2.26. The Labute approximate surface area is 203 Å². The fourth-order valence-corrected chi connectivity index (χ4v) is 5.20. The van der Waals surface area contributed by atoms with Gasteiger partial charge >= 0.3 is 5.63 Å². The van der Waals surface area contributed by atoms with Gasteiger partial charge in [-0.15, -0.1) is 0 Å². The Morgan fingerprint density at radius 2 is 1.63 bits per heavy atom. The predicted octanol–water partition coefficient (Wildman–Crippen LogP) is 4.92. The van der Waals surface area contributed by atoms with Gasteiger partial charge in [0, 0.05) is 18.5 Å². The number of ether oxygens (including phenoxy) is 2. The first-order valence-electron chi connectivity index (χ1n) is 11.7. The molecule has 1 aliphatic heterocycles. The molecule has 1 aliphatic rings. The molecule has 4 aromatic rings. The number of carbonyl (C=O) groups is 1. The number of furan rings is 1. The smallest absolute Gasteiger partial charge is 0.340 e. The van der Waals surface area contributed by atoms with Crippen LogP contribution in [0.3, 0.4) is 0 Å². The van der Waals surface area contributed by atoms with E-state index in [4.69, 9.17) is 18.3 Å². The maximum atomic E-state index is 13.3. The lowest BCUT2D eigenvalue weighted by molar-refractivity contribution is -0.131. The van der Waals surface area contributed by atoms with Gasteiger partial charge in [0.15, 0.2) is 11.5 Å². The molecule has 2 aromatic heterocycles. The molecule has 1 amide bonds. The first kappa shape index (κ1) is 23.0. The summed E-state index contributed by atoms with van der Waals surface area (Å²) in [4.78, 5) is 28.1. The summed E-state index contributed by atoms with van der Waals surface area (Å²) < 4.78 is 22.6. The summed E-state index contributed by atoms with van der Waals surface area (Å²) in [7, 11) is 3.21. The van der Waals surface area contributed by atoms with Crippen molar-refractivity contribution in [1.82, 2.24) is 4.90 Å². The lowest BCUT2D eigenvalue weighted by Crippen LogP contribution is -2.37. The van der Waals surface area contributed by atoms with E-state index in [0.29, 0.717) is 47.7 Å². The normalized spacial score (nSPS) is 13.4. The van der Waals surface area contributed by atoms with Crippen molar-refractivity contribution in [3.8, 4) is 11.5 Å². The van der Waals surface area contributed by atoms with Crippen LogP contribution in [0.15, 0.2) is 31.8 Å². The number of aryl methyl sites for hydroxylation is 4. The molecule has 2 aromatic carbocycles. The number of amides is 1. The molecular formula is C28H29NO6. The second-order valence-corrected chi connectivity index (χ2v) is 9.27. The largest absolute Gasteiger partial charge is 0.493 e. The second kappa shape index (κ2) is 8.48. The molecular weight excluding hydrogens is 446 g/mol. The molecule has 0 saturated heterocycles. The van der Waals surface area contributed by atoms with Crippen LogP contribution >= 0.6 is 0 Å². The number of nitrogens with zero attached hydrogens (tertiary/aromatic N) is 1. The molecule has 0 unspecified atom stereocenters. The highest BCUT2D eigenvalue weighted by Crippen LogP contribution is 2.36. The molecule has 0 fully saturated rings. The van der Waals surface area contributed by atoms with Crippen molar-refractivity contribution >= 4 is 27.8 Å². The van der Waals surface area contributed by atoms with Crippen LogP contribution < -0.4 is 15.1 Å². The average Bonchev–Trinajstić information content (AvgIpc) is 3.14. The molecule has 0 spiro atoms. The van der Waals surface area contributed by atoms with Gasteiger partial charge in [0.1, 0.15) is 16.9 Å². The minimum absolute atomic E-state index is 0.0270. The van der Waals surface area contributed by atoms with Gasteiger partial charge in [-0.25, -0.2) is 4.79 Å². The van der Waals surface area contributed by atoms with E-state index < -0.39 is 5.63 Å². The Balaban J connectivity index is 1.51. The van der Waals surface area contributed by atoms with Crippen LogP contribution in [0.5, 0.6) is 11.5 Å². The fourth-order valence-electron chi connectivity index (χ4n) is 5.20. The molecule has 0 bridgehead atoms. The Bertz CT molecular complexity index is 1560. The standard InChI is InChI=1S/C28H29NO6/c1-14-9-23-26(27-25(14)15(2)17(4)34-27)16(3)20(28(31)35-23)12-24(30)29-8-7-18-10-21(32-5)22(33-6)11-19(18)13-29/h9-11H,7-8,12-13H2,1-6H3. The number of benzene rings is 2. The zero-order valence-electron chi connectivity index (χ0n) is 21.0. The summed E-state index contributed by atoms with van der Waals surface area (Å²) in [5, 5.41) is 1.78. The summed E-state index contributed by atoms with van der Waals surface area (Å²) in [6.07, 6.45) is 0.679. The van der Waals surface area contributed by atoms with E-state index in [1.165, 1.54) is 0 Å². The van der Waals surface area contributed by atoms with Crippen LogP contribution in [0, 0.1) is 27.7 Å². The van der Waals surface area contributed by atoms with Crippen LogP contribution in [0.1, 0.15) is 39.1 Å². The molecule has 0 atom stereocenters. The number of methoxy groups -OCH3 is 2. The number of hydrogen-bond acceptors (Lipinski definition) is 6. The molecule has 5 rings (SSSR count). The fraction of sp³-hybridized carbons (Fsp3) is 0.357. The van der Waals surface area contributed by atoms with Crippen molar-refractivity contribution in [2.45, 2.75) is 47.1 Å². The zero-order valence-corrected chi connectivity index (χ0v) is 21.0. The van der Waals surface area contributed by atoms with Crippen molar-refractivity contribution in [3.63, 3.8) is 0 Å². The van der Waals surface area contributed by atoms with E-state index in [2.05, 4.69) is 0 Å². The number of fused-ring (bicyclic) bond motifs is 4. The molecule has 0 aliphatic carbocycles. The maximum absolute atomic E-state index is 13.3. The minimum atomic E-state index is -0.481. The van der Waals surface area contributed by atoms with E-state index in [9.17, 15) is 9.59 Å². The third-order valence-electron chi connectivity index (χ3n) is 7.28. The van der Waals surface area contributed by atoms with E-state index in [1.807, 2.05) is 45.9 Å². The SMILES string of the molecule is COc1cc2c(cc1OC)CN(C(=O)Cc1c(C)c3c(cc(C)c4c(C)c(C)oc43)oc1=O)CC2. The van der Waals surface area contributed by atoms with E-state index in [0.717, 1.165) is 44.3 Å². The third kappa shape index (κ3) is 3.66. The Morgan fingerprint density at radius 3 is 2.31 bits per heavy atom. The lowest BCUT2D eigenvalue weighted by atomic mass is 9.96. The number of hydrogen-bond donors (Lipinski definition) is 0. The van der Waals surface area contributed by atoms with Gasteiger partial charge in [0.25, 0.3) is 0 Å². The summed E-state index contributed by atoms with van der Waals surface area (Å²) >= 11 is 0. The zero-order chi connectivity index (χ0) is 25.0. The van der Waals surface area contributed by atoms with Crippen LogP contribution in [0.2, 0.25) is 0 Å². The molecule has 7 nitrogen and oxygen atoms in total. The predicted molar refractivity (Wildman–Crippen MR) is 134 cm³/mol. The summed E-state index contributed by atoms with van der Waals surface area (Å²) in [5.74, 6) is 2.03. The molecule has 35 heavy (non-hydrogen) atoms. The number of rotatable bonds is 4. The monoisotopic (exact) mass is 475 g/mol. The van der Waals surface area contributed by atoms with Crippen LogP contribution in [-0.4, -0.2) is 31.6 Å². The summed E-state index contributed by atoms with van der Waals surface area (Å²) in [6, 6.07) is 5.77. The topological polar surface area (TPSA) is 82.1 Å². The van der Waals surface area contributed by atoms with Gasteiger partial charge in [-0.3, -0.25) is 4.79 Å². The third-order valence-corrected chi connectivity index (χ3v) is 7.28. The Morgan fingerprint density at radius 1 is 0.943 bits per heavy atom. The van der Waals surface area contributed by atoms with Gasteiger partial charge in [0.05, 0.1) is 31.6 Å². The van der Waals surface area contributed by atoms with Crippen LogP contribution in [0.25, 0.3) is 21.9 Å². The Hall–Kier alpha value is -3.74. The number of carbonyl (C=O) groups excluding carboxylic acids is 1. The molecule has 3 heterocycles. The minimum Gasteiger partial charge on any atom is -0.493 e. The van der Waals surface area contributed by atoms with Crippen molar-refractivity contribution in [2.24, 2.45) is 0 Å². The first-order valence-corrected chi connectivity index (χ1v) is 11.7. The van der Waals surface area contributed by atoms with Gasteiger partial charge < -0.3 is 23.2 Å². The molecule has 0 saturated carbocycles. The van der Waals surface area contributed by atoms with E-state index in [-0.39, 0.29) is 12.3 Å². The molecule has 182 valence electrons. The lowest BCUT2D eigenvalue weighted by Gasteiger charge is -2.29. The quantitative estimate of drug-likeness (QED) is 0.390. The average molecular weight is 476 g/mol. The van der Waals surface area contributed by atoms with Gasteiger partial charge in [0.2, 0.25) is 5.91 Å². The Kier molecular flexibility index (Phi) is 5.58.